The van der Waals surface area contributed by atoms with Crippen molar-refractivity contribution >= 4 is 52.3 Å². The lowest BCUT2D eigenvalue weighted by molar-refractivity contribution is -0.119. The van der Waals surface area contributed by atoms with E-state index in [1.165, 1.54) is 19.6 Å². The Morgan fingerprint density at radius 1 is 1.09 bits per heavy atom. The van der Waals surface area contributed by atoms with Crippen molar-refractivity contribution in [3.8, 4) is 11.5 Å². The van der Waals surface area contributed by atoms with Crippen LogP contribution < -0.4 is 20.5 Å². The zero-order valence-electron chi connectivity index (χ0n) is 18.8. The summed E-state index contributed by atoms with van der Waals surface area (Å²) in [4.78, 5) is 25.9. The van der Waals surface area contributed by atoms with Crippen molar-refractivity contribution in [2.24, 2.45) is 5.73 Å². The molecule has 2 aromatic rings. The van der Waals surface area contributed by atoms with Crippen molar-refractivity contribution in [2.45, 2.75) is 44.7 Å². The molecule has 0 spiro atoms. The number of nitrogens with two attached hydrogens (primary N) is 1. The maximum Gasteiger partial charge on any atom is 0.257 e. The quantitative estimate of drug-likeness (QED) is 0.486. The Morgan fingerprint density at radius 2 is 1.82 bits per heavy atom. The lowest BCUT2D eigenvalue weighted by atomic mass is 9.94. The van der Waals surface area contributed by atoms with Crippen LogP contribution in [0.4, 0.5) is 0 Å². The largest absolute Gasteiger partial charge is 0.493 e. The number of nitrogens with one attached hydrogen (secondary N) is 1. The van der Waals surface area contributed by atoms with Crippen LogP contribution >= 0.6 is 35.4 Å². The van der Waals surface area contributed by atoms with Gasteiger partial charge < -0.3 is 20.1 Å². The number of methoxy groups -OCH3 is 1. The van der Waals surface area contributed by atoms with Gasteiger partial charge in [-0.05, 0) is 61.0 Å². The number of thiocarbonyl (C=S) groups is 1. The highest BCUT2D eigenvalue weighted by molar-refractivity contribution is 7.80. The van der Waals surface area contributed by atoms with Gasteiger partial charge in [0.25, 0.3) is 11.8 Å². The van der Waals surface area contributed by atoms with E-state index in [1.54, 1.807) is 18.2 Å². The molecule has 34 heavy (non-hydrogen) atoms. The van der Waals surface area contributed by atoms with E-state index in [2.05, 4.69) is 5.32 Å². The minimum absolute atomic E-state index is 0.201. The van der Waals surface area contributed by atoms with Crippen molar-refractivity contribution < 1.29 is 19.1 Å². The van der Waals surface area contributed by atoms with Crippen LogP contribution in [0.3, 0.4) is 0 Å². The first-order valence-corrected chi connectivity index (χ1v) is 12.1. The van der Waals surface area contributed by atoms with E-state index in [1.807, 2.05) is 17.0 Å². The Hall–Kier alpha value is -2.55. The van der Waals surface area contributed by atoms with Crippen LogP contribution in [0.2, 0.25) is 10.0 Å². The van der Waals surface area contributed by atoms with Crippen LogP contribution in [0, 0.1) is 0 Å². The van der Waals surface area contributed by atoms with E-state index >= 15 is 0 Å². The molecule has 1 fully saturated rings. The topological polar surface area (TPSA) is 93.9 Å². The molecule has 0 aliphatic heterocycles. The molecule has 0 heterocycles. The predicted octanol–water partition coefficient (Wildman–Crippen LogP) is 4.72. The number of hydrogen-bond acceptors (Lipinski definition) is 5. The molecule has 0 saturated heterocycles. The third-order valence-corrected chi connectivity index (χ3v) is 6.71. The maximum absolute atomic E-state index is 12.8. The molecule has 0 radical (unpaired) electrons. The van der Waals surface area contributed by atoms with E-state index in [0.717, 1.165) is 31.2 Å². The van der Waals surface area contributed by atoms with Gasteiger partial charge in [-0.3, -0.25) is 14.9 Å². The molecular weight excluding hydrogens is 497 g/mol. The monoisotopic (exact) mass is 523 g/mol. The molecule has 2 aromatic carbocycles. The van der Waals surface area contributed by atoms with Crippen LogP contribution in [-0.4, -0.2) is 41.6 Å². The summed E-state index contributed by atoms with van der Waals surface area (Å²) in [5.41, 5.74) is 6.46. The SMILES string of the molecule is COc1cc(CN(C(=S)NC(=O)c2ccc(Cl)c(Cl)c2)C2CCCCC2)ccc1OCC(N)=O. The fourth-order valence-electron chi connectivity index (χ4n) is 3.91. The molecule has 7 nitrogen and oxygen atoms in total. The van der Waals surface area contributed by atoms with Crippen molar-refractivity contribution in [3.05, 3.63) is 57.6 Å². The Kier molecular flexibility index (Phi) is 9.38. The number of primary amides is 1. The molecule has 1 aliphatic rings. The van der Waals surface area contributed by atoms with Gasteiger partial charge in [0.2, 0.25) is 0 Å². The summed E-state index contributed by atoms with van der Waals surface area (Å²) in [7, 11) is 1.53. The molecule has 182 valence electrons. The van der Waals surface area contributed by atoms with Gasteiger partial charge in [-0.25, -0.2) is 0 Å². The van der Waals surface area contributed by atoms with Crippen LogP contribution in [0.15, 0.2) is 36.4 Å². The molecule has 10 heteroatoms. The number of nitrogens with zero attached hydrogens (tertiary/aromatic N) is 1. The fourth-order valence-corrected chi connectivity index (χ4v) is 4.52. The highest BCUT2D eigenvalue weighted by Gasteiger charge is 2.25. The van der Waals surface area contributed by atoms with E-state index in [0.29, 0.717) is 38.8 Å². The summed E-state index contributed by atoms with van der Waals surface area (Å²) in [5, 5.41) is 3.86. The number of ether oxygens (including phenoxy) is 2. The normalized spacial score (nSPS) is 13.7. The average molecular weight is 524 g/mol. The van der Waals surface area contributed by atoms with Gasteiger partial charge in [-0.1, -0.05) is 48.5 Å². The molecule has 0 aromatic heterocycles. The Labute approximate surface area is 214 Å². The first-order valence-electron chi connectivity index (χ1n) is 10.9. The first-order chi connectivity index (χ1) is 16.3. The zero-order chi connectivity index (χ0) is 24.7. The van der Waals surface area contributed by atoms with Crippen molar-refractivity contribution in [3.63, 3.8) is 0 Å². The Morgan fingerprint density at radius 3 is 2.47 bits per heavy atom. The summed E-state index contributed by atoms with van der Waals surface area (Å²) in [6.07, 6.45) is 5.37. The first kappa shape index (κ1) is 26.1. The second-order valence-corrected chi connectivity index (χ2v) is 9.25. The fraction of sp³-hybridized carbons (Fsp3) is 0.375. The zero-order valence-corrected chi connectivity index (χ0v) is 21.1. The molecule has 2 amide bonds. The molecule has 0 atom stereocenters. The summed E-state index contributed by atoms with van der Waals surface area (Å²) < 4.78 is 10.8. The van der Waals surface area contributed by atoms with Crippen molar-refractivity contribution in [1.82, 2.24) is 10.2 Å². The van der Waals surface area contributed by atoms with Gasteiger partial charge in [-0.2, -0.15) is 0 Å². The summed E-state index contributed by atoms with van der Waals surface area (Å²) in [6, 6.07) is 10.3. The second-order valence-electron chi connectivity index (χ2n) is 8.05. The third kappa shape index (κ3) is 6.98. The molecule has 3 N–H and O–H groups in total. The van der Waals surface area contributed by atoms with Crippen LogP contribution in [0.25, 0.3) is 0 Å². The highest BCUT2D eigenvalue weighted by atomic mass is 35.5. The van der Waals surface area contributed by atoms with Gasteiger partial charge in [0.1, 0.15) is 0 Å². The standard InChI is InChI=1S/C24H27Cl2N3O4S/c1-32-21-11-15(7-10-20(21)33-14-22(27)30)13-29(17-5-3-2-4-6-17)24(34)28-23(31)16-8-9-18(25)19(26)12-16/h7-12,17H,2-6,13-14H2,1H3,(H2,27,30)(H,28,31,34). The molecular formula is C24H27Cl2N3O4S. The molecule has 1 saturated carbocycles. The summed E-state index contributed by atoms with van der Waals surface area (Å²) >= 11 is 17.7. The smallest absolute Gasteiger partial charge is 0.257 e. The number of carbonyl (C=O) groups is 2. The summed E-state index contributed by atoms with van der Waals surface area (Å²) in [6.45, 7) is 0.229. The highest BCUT2D eigenvalue weighted by Crippen LogP contribution is 2.30. The number of halogens is 2. The van der Waals surface area contributed by atoms with Crippen LogP contribution in [-0.2, 0) is 11.3 Å². The number of hydrogen-bond donors (Lipinski definition) is 2. The number of carbonyl (C=O) groups excluding carboxylic acids is 2. The van der Waals surface area contributed by atoms with Crippen molar-refractivity contribution in [1.29, 1.82) is 0 Å². The number of amides is 2. The van der Waals surface area contributed by atoms with Crippen LogP contribution in [0.5, 0.6) is 11.5 Å². The Balaban J connectivity index is 1.79. The number of rotatable bonds is 8. The van der Waals surface area contributed by atoms with E-state index < -0.39 is 5.91 Å². The van der Waals surface area contributed by atoms with Gasteiger partial charge in [0.15, 0.2) is 23.2 Å². The third-order valence-electron chi connectivity index (χ3n) is 5.63. The van der Waals surface area contributed by atoms with Gasteiger partial charge in [0.05, 0.1) is 17.2 Å². The lowest BCUT2D eigenvalue weighted by Gasteiger charge is -2.36. The molecule has 3 rings (SSSR count). The van der Waals surface area contributed by atoms with E-state index in [4.69, 9.17) is 50.6 Å². The van der Waals surface area contributed by atoms with Gasteiger partial charge in [0, 0.05) is 18.2 Å². The molecule has 0 bridgehead atoms. The Bertz CT molecular complexity index is 1060. The lowest BCUT2D eigenvalue weighted by Crippen LogP contribution is -2.48. The molecule has 1 aliphatic carbocycles. The van der Waals surface area contributed by atoms with Crippen molar-refractivity contribution in [2.75, 3.05) is 13.7 Å². The predicted molar refractivity (Wildman–Crippen MR) is 137 cm³/mol. The minimum Gasteiger partial charge on any atom is -0.493 e. The van der Waals surface area contributed by atoms with Gasteiger partial charge >= 0.3 is 0 Å². The summed E-state index contributed by atoms with van der Waals surface area (Å²) in [5.74, 6) is -0.0207. The van der Waals surface area contributed by atoms with Crippen LogP contribution in [0.1, 0.15) is 48.0 Å². The van der Waals surface area contributed by atoms with E-state index in [-0.39, 0.29) is 18.6 Å². The van der Waals surface area contributed by atoms with Gasteiger partial charge in [-0.15, -0.1) is 0 Å². The average Bonchev–Trinajstić information content (AvgIpc) is 2.83. The second kappa shape index (κ2) is 12.2. The number of benzene rings is 2. The van der Waals surface area contributed by atoms with E-state index in [9.17, 15) is 9.59 Å². The minimum atomic E-state index is -0.572. The molecule has 0 unspecified atom stereocenters. The maximum atomic E-state index is 12.8.